The molecule has 0 saturated heterocycles. The number of hydrogen-bond acceptors (Lipinski definition) is 4. The Morgan fingerprint density at radius 3 is 2.52 bits per heavy atom. The molecule has 21 heavy (non-hydrogen) atoms. The first kappa shape index (κ1) is 13.6. The van der Waals surface area contributed by atoms with Crippen LogP contribution in [0.15, 0.2) is 58.4 Å². The quantitative estimate of drug-likeness (QED) is 0.875. The average molecular weight is 301 g/mol. The van der Waals surface area contributed by atoms with Crippen LogP contribution in [0.4, 0.5) is 5.69 Å². The van der Waals surface area contributed by atoms with Crippen molar-refractivity contribution in [3.05, 3.63) is 58.8 Å². The van der Waals surface area contributed by atoms with Crippen molar-refractivity contribution in [2.75, 3.05) is 7.11 Å². The van der Waals surface area contributed by atoms with E-state index >= 15 is 0 Å². The molecule has 1 heterocycles. The van der Waals surface area contributed by atoms with Crippen molar-refractivity contribution in [2.24, 2.45) is 4.99 Å². The number of rotatable bonds is 3. The molecular formula is C15H13N2O3S-. The molecule has 108 valence electrons. The molecule has 0 saturated carbocycles. The lowest BCUT2D eigenvalue weighted by atomic mass is 10.1. The van der Waals surface area contributed by atoms with Gasteiger partial charge in [-0.1, -0.05) is 36.2 Å². The normalized spacial score (nSPS) is 15.6. The van der Waals surface area contributed by atoms with E-state index in [1.54, 1.807) is 25.3 Å². The lowest BCUT2D eigenvalue weighted by Gasteiger charge is -2.27. The van der Waals surface area contributed by atoms with Gasteiger partial charge in [-0.05, 0) is 35.9 Å². The van der Waals surface area contributed by atoms with Crippen LogP contribution in [0.5, 0.6) is 5.75 Å². The fourth-order valence-electron chi connectivity index (χ4n) is 2.11. The summed E-state index contributed by atoms with van der Waals surface area (Å²) in [6, 6.07) is 14.0. The summed E-state index contributed by atoms with van der Waals surface area (Å²) in [5, 5.41) is 0. The van der Waals surface area contributed by atoms with Gasteiger partial charge < -0.3 is 14.5 Å². The van der Waals surface area contributed by atoms with E-state index < -0.39 is 10.0 Å². The Labute approximate surface area is 123 Å². The third-order valence-corrected chi connectivity index (χ3v) is 4.49. The zero-order valence-electron chi connectivity index (χ0n) is 11.4. The van der Waals surface area contributed by atoms with Gasteiger partial charge >= 0.3 is 0 Å². The maximum atomic E-state index is 12.1. The Kier molecular flexibility index (Phi) is 3.39. The fourth-order valence-corrected chi connectivity index (χ4v) is 3.22. The fraction of sp³-hybridized carbons (Fsp3) is 0.133. The molecule has 3 rings (SSSR count). The van der Waals surface area contributed by atoms with Crippen molar-refractivity contribution in [3.63, 3.8) is 0 Å². The average Bonchev–Trinajstić information content (AvgIpc) is 2.47. The molecule has 1 aliphatic heterocycles. The lowest BCUT2D eigenvalue weighted by molar-refractivity contribution is 0.414. The van der Waals surface area contributed by atoms with Crippen LogP contribution in [-0.4, -0.2) is 21.4 Å². The highest BCUT2D eigenvalue weighted by molar-refractivity contribution is 7.95. The standard InChI is InChI=1S/C15H13N2O3S/c1-20-12-8-6-11(7-9-12)10-15-16-13-4-2-3-5-14(13)21(18,19)17-15/h2-9H,10H2,1H3/q-1. The number of amidine groups is 1. The molecular weight excluding hydrogens is 288 g/mol. The van der Waals surface area contributed by atoms with Crippen LogP contribution >= 0.6 is 0 Å². The minimum Gasteiger partial charge on any atom is -0.497 e. The van der Waals surface area contributed by atoms with E-state index in [9.17, 15) is 8.42 Å². The van der Waals surface area contributed by atoms with E-state index in [1.807, 2.05) is 24.3 Å². The Bertz CT molecular complexity index is 796. The molecule has 0 N–H and O–H groups in total. The molecule has 0 aromatic heterocycles. The van der Waals surface area contributed by atoms with Crippen LogP contribution in [0.25, 0.3) is 4.72 Å². The minimum atomic E-state index is -3.65. The molecule has 2 aromatic rings. The first-order valence-corrected chi connectivity index (χ1v) is 7.80. The van der Waals surface area contributed by atoms with Crippen molar-refractivity contribution in [2.45, 2.75) is 11.3 Å². The van der Waals surface area contributed by atoms with Gasteiger partial charge in [-0.3, -0.25) is 0 Å². The zero-order valence-corrected chi connectivity index (χ0v) is 12.2. The summed E-state index contributed by atoms with van der Waals surface area (Å²) >= 11 is 0. The first-order chi connectivity index (χ1) is 10.1. The summed E-state index contributed by atoms with van der Waals surface area (Å²) in [6.07, 6.45) is 0.359. The van der Waals surface area contributed by atoms with Crippen molar-refractivity contribution >= 4 is 21.5 Å². The highest BCUT2D eigenvalue weighted by Gasteiger charge is 2.17. The van der Waals surface area contributed by atoms with E-state index in [0.29, 0.717) is 17.9 Å². The zero-order chi connectivity index (χ0) is 14.9. The third kappa shape index (κ3) is 2.75. The van der Waals surface area contributed by atoms with Gasteiger partial charge in [0.1, 0.15) is 5.75 Å². The molecule has 0 atom stereocenters. The van der Waals surface area contributed by atoms with Crippen molar-refractivity contribution in [1.82, 2.24) is 0 Å². The maximum absolute atomic E-state index is 12.1. The van der Waals surface area contributed by atoms with E-state index in [-0.39, 0.29) is 4.90 Å². The van der Waals surface area contributed by atoms with Crippen molar-refractivity contribution < 1.29 is 13.2 Å². The van der Waals surface area contributed by atoms with Crippen LogP contribution in [0.1, 0.15) is 5.56 Å². The Balaban J connectivity index is 1.91. The summed E-state index contributed by atoms with van der Waals surface area (Å²) in [6.45, 7) is 0. The molecule has 0 amide bonds. The summed E-state index contributed by atoms with van der Waals surface area (Å²) < 4.78 is 33.1. The number of sulfonamides is 1. The van der Waals surface area contributed by atoms with E-state index in [1.165, 1.54) is 6.07 Å². The van der Waals surface area contributed by atoms with Gasteiger partial charge in [0.15, 0.2) is 0 Å². The van der Waals surface area contributed by atoms with E-state index in [2.05, 4.69) is 9.71 Å². The van der Waals surface area contributed by atoms with Crippen LogP contribution in [0.3, 0.4) is 0 Å². The minimum absolute atomic E-state index is 0.156. The highest BCUT2D eigenvalue weighted by Crippen LogP contribution is 2.33. The second-order valence-electron chi connectivity index (χ2n) is 4.59. The third-order valence-electron chi connectivity index (χ3n) is 3.14. The number of ether oxygens (including phenoxy) is 1. The van der Waals surface area contributed by atoms with Crippen molar-refractivity contribution in [3.8, 4) is 5.75 Å². The predicted molar refractivity (Wildman–Crippen MR) is 80.8 cm³/mol. The number of methoxy groups -OCH3 is 1. The Hall–Kier alpha value is -2.34. The molecule has 0 fully saturated rings. The van der Waals surface area contributed by atoms with Crippen LogP contribution in [0.2, 0.25) is 0 Å². The number of nitrogens with zero attached hydrogens (tertiary/aromatic N) is 2. The van der Waals surface area contributed by atoms with Gasteiger partial charge in [-0.2, -0.15) is 0 Å². The van der Waals surface area contributed by atoms with Gasteiger partial charge in [-0.15, -0.1) is 0 Å². The van der Waals surface area contributed by atoms with Gasteiger partial charge in [-0.25, -0.2) is 8.42 Å². The topological polar surface area (TPSA) is 69.8 Å². The number of hydrogen-bond donors (Lipinski definition) is 0. The molecule has 0 spiro atoms. The molecule has 0 radical (unpaired) electrons. The molecule has 6 heteroatoms. The molecule has 5 nitrogen and oxygen atoms in total. The van der Waals surface area contributed by atoms with Gasteiger partial charge in [0.2, 0.25) is 10.0 Å². The van der Waals surface area contributed by atoms with E-state index in [0.717, 1.165) is 11.3 Å². The van der Waals surface area contributed by atoms with Crippen LogP contribution < -0.4 is 4.74 Å². The Morgan fingerprint density at radius 1 is 1.10 bits per heavy atom. The number of benzene rings is 2. The molecule has 1 aliphatic rings. The summed E-state index contributed by atoms with van der Waals surface area (Å²) in [5.41, 5.74) is 1.36. The molecule has 0 aliphatic carbocycles. The van der Waals surface area contributed by atoms with Gasteiger partial charge in [0.05, 0.1) is 12.0 Å². The van der Waals surface area contributed by atoms with E-state index in [4.69, 9.17) is 4.74 Å². The number of fused-ring (bicyclic) bond motifs is 1. The maximum Gasteiger partial charge on any atom is 0.202 e. The molecule has 2 aromatic carbocycles. The highest BCUT2D eigenvalue weighted by atomic mass is 32.2. The lowest BCUT2D eigenvalue weighted by Crippen LogP contribution is -2.13. The molecule has 0 bridgehead atoms. The van der Waals surface area contributed by atoms with Crippen LogP contribution in [0, 0.1) is 0 Å². The Morgan fingerprint density at radius 2 is 1.81 bits per heavy atom. The van der Waals surface area contributed by atoms with Gasteiger partial charge in [0, 0.05) is 0 Å². The monoisotopic (exact) mass is 301 g/mol. The largest absolute Gasteiger partial charge is 0.497 e. The second-order valence-corrected chi connectivity index (χ2v) is 6.16. The predicted octanol–water partition coefficient (Wildman–Crippen LogP) is 3.04. The summed E-state index contributed by atoms with van der Waals surface area (Å²) in [4.78, 5) is 4.47. The number of aliphatic imine (C=N–C) groups is 1. The van der Waals surface area contributed by atoms with Crippen molar-refractivity contribution in [1.29, 1.82) is 0 Å². The summed E-state index contributed by atoms with van der Waals surface area (Å²) in [5.74, 6) is 1.04. The van der Waals surface area contributed by atoms with Gasteiger partial charge in [0.25, 0.3) is 0 Å². The van der Waals surface area contributed by atoms with Crippen LogP contribution in [-0.2, 0) is 16.4 Å². The number of para-hydroxylation sites is 1. The summed E-state index contributed by atoms with van der Waals surface area (Å²) in [7, 11) is -2.06. The smallest absolute Gasteiger partial charge is 0.202 e. The SMILES string of the molecule is COc1ccc(CC2=Nc3ccccc3S(=O)(=O)[N-]2)cc1. The first-order valence-electron chi connectivity index (χ1n) is 6.36. The molecule has 0 unspecified atom stereocenters. The second kappa shape index (κ2) is 5.21.